The Morgan fingerprint density at radius 3 is 2.69 bits per heavy atom. The first kappa shape index (κ1) is 21.2. The summed E-state index contributed by atoms with van der Waals surface area (Å²) in [5.74, 6) is 0.393. The lowest BCUT2D eigenvalue weighted by Crippen LogP contribution is -2.11. The second-order valence-electron chi connectivity index (χ2n) is 6.51. The molecule has 2 heterocycles. The van der Waals surface area contributed by atoms with Crippen molar-refractivity contribution in [2.24, 2.45) is 0 Å². The van der Waals surface area contributed by atoms with Crippen LogP contribution in [0.2, 0.25) is 0 Å². The summed E-state index contributed by atoms with van der Waals surface area (Å²) < 4.78 is 11.6. The molecule has 0 atom stereocenters. The number of carbonyl (C=O) groups excluding carboxylic acids is 1. The predicted octanol–water partition coefficient (Wildman–Crippen LogP) is 3.72. The highest BCUT2D eigenvalue weighted by Crippen LogP contribution is 2.26. The van der Waals surface area contributed by atoms with E-state index < -0.39 is 5.97 Å². The number of carbonyl (C=O) groups is 1. The Morgan fingerprint density at radius 2 is 1.91 bits per heavy atom. The van der Waals surface area contributed by atoms with Crippen LogP contribution in [0.15, 0.2) is 59.1 Å². The molecular formula is C21H18BrN7O3. The fraction of sp³-hybridized carbons (Fsp3) is 0.0952. The lowest BCUT2D eigenvalue weighted by Gasteiger charge is -2.10. The molecule has 4 rings (SSSR count). The van der Waals surface area contributed by atoms with Gasteiger partial charge in [0.25, 0.3) is 0 Å². The minimum atomic E-state index is -0.598. The number of aromatic amines is 1. The van der Waals surface area contributed by atoms with E-state index >= 15 is 0 Å². The number of hydrogen-bond acceptors (Lipinski definition) is 9. The van der Waals surface area contributed by atoms with Crippen LogP contribution in [-0.2, 0) is 11.3 Å². The highest BCUT2D eigenvalue weighted by atomic mass is 79.9. The van der Waals surface area contributed by atoms with Gasteiger partial charge in [0, 0.05) is 10.0 Å². The first-order valence-electron chi connectivity index (χ1n) is 9.41. The smallest absolute Gasteiger partial charge is 0.356 e. The van der Waals surface area contributed by atoms with Crippen molar-refractivity contribution in [2.45, 2.75) is 6.61 Å². The summed E-state index contributed by atoms with van der Waals surface area (Å²) in [5, 5.41) is 9.86. The van der Waals surface area contributed by atoms with Gasteiger partial charge in [-0.3, -0.25) is 5.10 Å². The maximum Gasteiger partial charge on any atom is 0.356 e. The number of H-pyrrole nitrogens is 1. The number of nitrogens with zero attached hydrogens (tertiary/aromatic N) is 4. The lowest BCUT2D eigenvalue weighted by molar-refractivity contribution is 0.0455. The Bertz CT molecular complexity index is 1240. The topological polar surface area (TPSA) is 141 Å². The molecule has 10 nitrogen and oxygen atoms in total. The number of anilines is 3. The lowest BCUT2D eigenvalue weighted by atomic mass is 10.1. The molecule has 11 heteroatoms. The number of aromatic nitrogens is 5. The van der Waals surface area contributed by atoms with E-state index in [1.807, 2.05) is 36.4 Å². The van der Waals surface area contributed by atoms with Crippen molar-refractivity contribution in [3.63, 3.8) is 0 Å². The normalized spacial score (nSPS) is 10.6. The maximum atomic E-state index is 12.4. The fourth-order valence-electron chi connectivity index (χ4n) is 2.83. The molecule has 0 spiro atoms. The van der Waals surface area contributed by atoms with Crippen molar-refractivity contribution in [2.75, 3.05) is 18.2 Å². The van der Waals surface area contributed by atoms with E-state index in [1.54, 1.807) is 25.3 Å². The van der Waals surface area contributed by atoms with Gasteiger partial charge in [-0.15, -0.1) is 0 Å². The Morgan fingerprint density at radius 1 is 1.12 bits per heavy atom. The van der Waals surface area contributed by atoms with Gasteiger partial charge in [0.05, 0.1) is 18.5 Å². The summed E-state index contributed by atoms with van der Waals surface area (Å²) in [7, 11) is 1.56. The van der Waals surface area contributed by atoms with Gasteiger partial charge in [-0.2, -0.15) is 20.1 Å². The van der Waals surface area contributed by atoms with Gasteiger partial charge >= 0.3 is 5.97 Å². The van der Waals surface area contributed by atoms with Crippen LogP contribution in [0.5, 0.6) is 5.75 Å². The monoisotopic (exact) mass is 495 g/mol. The third kappa shape index (κ3) is 5.01. The number of nitrogens with one attached hydrogen (secondary N) is 2. The molecule has 0 saturated carbocycles. The number of halogens is 1. The molecule has 0 aliphatic rings. The Kier molecular flexibility index (Phi) is 6.26. The van der Waals surface area contributed by atoms with E-state index in [9.17, 15) is 4.79 Å². The van der Waals surface area contributed by atoms with Gasteiger partial charge in [-0.1, -0.05) is 40.2 Å². The fourth-order valence-corrected chi connectivity index (χ4v) is 3.09. The third-order valence-electron chi connectivity index (χ3n) is 4.32. The number of methoxy groups -OCH3 is 1. The minimum Gasteiger partial charge on any atom is -0.495 e. The van der Waals surface area contributed by atoms with E-state index in [2.05, 4.69) is 46.4 Å². The molecular weight excluding hydrogens is 478 g/mol. The van der Waals surface area contributed by atoms with Gasteiger partial charge in [0.2, 0.25) is 11.9 Å². The number of esters is 1. The summed E-state index contributed by atoms with van der Waals surface area (Å²) in [4.78, 5) is 24.8. The summed E-state index contributed by atoms with van der Waals surface area (Å²) in [6.07, 6.45) is 0. The third-order valence-corrected chi connectivity index (χ3v) is 4.85. The standard InChI is InChI=1S/C21H18BrN7O3/c1-31-17-5-3-2-4-14(17)24-21-26-18(25-20(23)27-21)11-32-19(30)16-10-15(28-29-16)12-6-8-13(22)9-7-12/h2-10H,11H2,1H3,(H,28,29)(H3,23,24,25,26,27). The number of nitrogen functional groups attached to an aromatic ring is 1. The Labute approximate surface area is 191 Å². The van der Waals surface area contributed by atoms with Crippen molar-refractivity contribution in [1.29, 1.82) is 0 Å². The summed E-state index contributed by atoms with van der Waals surface area (Å²) in [5.41, 5.74) is 8.13. The van der Waals surface area contributed by atoms with Crippen LogP contribution in [0.3, 0.4) is 0 Å². The number of rotatable bonds is 7. The molecule has 4 aromatic rings. The maximum absolute atomic E-state index is 12.4. The van der Waals surface area contributed by atoms with Crippen LogP contribution < -0.4 is 15.8 Å². The number of nitrogens with two attached hydrogens (primary N) is 1. The molecule has 0 saturated heterocycles. The van der Waals surface area contributed by atoms with E-state index in [-0.39, 0.29) is 30.0 Å². The molecule has 4 N–H and O–H groups in total. The molecule has 2 aromatic carbocycles. The quantitative estimate of drug-likeness (QED) is 0.327. The van der Waals surface area contributed by atoms with E-state index in [1.165, 1.54) is 0 Å². The summed E-state index contributed by atoms with van der Waals surface area (Å²) in [6.45, 7) is -0.196. The molecule has 0 radical (unpaired) electrons. The van der Waals surface area contributed by atoms with Gasteiger partial charge in [0.15, 0.2) is 12.4 Å². The largest absolute Gasteiger partial charge is 0.495 e. The van der Waals surface area contributed by atoms with Gasteiger partial charge in [0.1, 0.15) is 11.4 Å². The minimum absolute atomic E-state index is 0.0116. The summed E-state index contributed by atoms with van der Waals surface area (Å²) >= 11 is 3.39. The molecule has 162 valence electrons. The molecule has 0 aliphatic heterocycles. The first-order valence-corrected chi connectivity index (χ1v) is 10.2. The van der Waals surface area contributed by atoms with Crippen LogP contribution in [0, 0.1) is 0 Å². The van der Waals surface area contributed by atoms with Crippen molar-refractivity contribution in [3.8, 4) is 17.0 Å². The molecule has 0 fully saturated rings. The van der Waals surface area contributed by atoms with Gasteiger partial charge in [-0.05, 0) is 30.3 Å². The zero-order valence-corrected chi connectivity index (χ0v) is 18.5. The summed E-state index contributed by atoms with van der Waals surface area (Å²) in [6, 6.07) is 16.5. The molecule has 0 unspecified atom stereocenters. The second-order valence-corrected chi connectivity index (χ2v) is 7.42. The van der Waals surface area contributed by atoms with Crippen LogP contribution >= 0.6 is 15.9 Å². The predicted molar refractivity (Wildman–Crippen MR) is 121 cm³/mol. The van der Waals surface area contributed by atoms with Gasteiger partial charge in [-0.25, -0.2) is 4.79 Å². The van der Waals surface area contributed by atoms with Crippen LogP contribution in [0.25, 0.3) is 11.3 Å². The molecule has 2 aromatic heterocycles. The van der Waals surface area contributed by atoms with Crippen molar-refractivity contribution in [1.82, 2.24) is 25.1 Å². The molecule has 32 heavy (non-hydrogen) atoms. The highest BCUT2D eigenvalue weighted by molar-refractivity contribution is 9.10. The zero-order valence-electron chi connectivity index (χ0n) is 16.9. The second kappa shape index (κ2) is 9.43. The van der Waals surface area contributed by atoms with Crippen molar-refractivity contribution < 1.29 is 14.3 Å². The Hall–Kier alpha value is -3.99. The van der Waals surface area contributed by atoms with Crippen molar-refractivity contribution >= 4 is 39.5 Å². The zero-order chi connectivity index (χ0) is 22.5. The Balaban J connectivity index is 1.43. The highest BCUT2D eigenvalue weighted by Gasteiger charge is 2.15. The SMILES string of the molecule is COc1ccccc1Nc1nc(N)nc(COC(=O)c2cc(-c3ccc(Br)cc3)n[nH]2)n1. The van der Waals surface area contributed by atoms with Crippen LogP contribution in [0.1, 0.15) is 16.3 Å². The average Bonchev–Trinajstić information content (AvgIpc) is 3.28. The molecule has 0 bridgehead atoms. The van der Waals surface area contributed by atoms with E-state index in [0.717, 1.165) is 10.0 Å². The number of para-hydroxylation sites is 2. The first-order chi connectivity index (χ1) is 15.5. The van der Waals surface area contributed by atoms with Crippen LogP contribution in [-0.4, -0.2) is 38.2 Å². The van der Waals surface area contributed by atoms with Crippen molar-refractivity contribution in [3.05, 3.63) is 70.6 Å². The van der Waals surface area contributed by atoms with E-state index in [0.29, 0.717) is 17.1 Å². The molecule has 0 amide bonds. The van der Waals surface area contributed by atoms with E-state index in [4.69, 9.17) is 15.2 Å². The average molecular weight is 496 g/mol. The number of benzene rings is 2. The van der Waals surface area contributed by atoms with Gasteiger partial charge < -0.3 is 20.5 Å². The number of hydrogen-bond donors (Lipinski definition) is 3. The molecule has 0 aliphatic carbocycles. The number of ether oxygens (including phenoxy) is 2. The van der Waals surface area contributed by atoms with Crippen LogP contribution in [0.4, 0.5) is 17.6 Å².